The second kappa shape index (κ2) is 4.81. The van der Waals surface area contributed by atoms with Crippen LogP contribution in [0.3, 0.4) is 0 Å². The summed E-state index contributed by atoms with van der Waals surface area (Å²) in [5.74, 6) is 0. The fourth-order valence-electron chi connectivity index (χ4n) is 1.31. The fourth-order valence-corrected chi connectivity index (χ4v) is 2.80. The maximum absolute atomic E-state index is 4.29. The topological polar surface area (TPSA) is 12.9 Å². The van der Waals surface area contributed by atoms with Crippen LogP contribution in [0.4, 0.5) is 0 Å². The Balaban J connectivity index is 2.17. The van der Waals surface area contributed by atoms with Gasteiger partial charge in [-0.05, 0) is 12.1 Å². The maximum Gasteiger partial charge on any atom is 0.123 e. The molecule has 0 saturated carbocycles. The summed E-state index contributed by atoms with van der Waals surface area (Å²) >= 11 is 3.57. The van der Waals surface area contributed by atoms with Gasteiger partial charge in [0.2, 0.25) is 0 Å². The molecule has 0 amide bonds. The van der Waals surface area contributed by atoms with Crippen LogP contribution in [0, 0.1) is 0 Å². The molecule has 0 bridgehead atoms. The van der Waals surface area contributed by atoms with Crippen molar-refractivity contribution in [3.05, 3.63) is 35.8 Å². The van der Waals surface area contributed by atoms with Crippen molar-refractivity contribution in [3.63, 3.8) is 0 Å². The van der Waals surface area contributed by atoms with Crippen LogP contribution in [0.2, 0.25) is 0 Å². The van der Waals surface area contributed by atoms with E-state index in [9.17, 15) is 0 Å². The van der Waals surface area contributed by atoms with Crippen molar-refractivity contribution in [2.75, 3.05) is 0 Å². The molecule has 0 fully saturated rings. The molecule has 2 rings (SSSR count). The summed E-state index contributed by atoms with van der Waals surface area (Å²) in [5, 5.41) is 3.73. The molecule has 3 heteroatoms. The molecule has 0 saturated heterocycles. The lowest BCUT2D eigenvalue weighted by Crippen LogP contribution is -1.85. The average Bonchev–Trinajstić information content (AvgIpc) is 2.71. The highest BCUT2D eigenvalue weighted by molar-refractivity contribution is 7.99. The molecular formula is C12H13NS2. The van der Waals surface area contributed by atoms with Crippen LogP contribution in [-0.2, 0) is 0 Å². The molecule has 15 heavy (non-hydrogen) atoms. The van der Waals surface area contributed by atoms with Crippen LogP contribution in [0.1, 0.15) is 13.8 Å². The molecule has 0 aliphatic heterocycles. The lowest BCUT2D eigenvalue weighted by molar-refractivity contribution is 1.11. The van der Waals surface area contributed by atoms with E-state index in [2.05, 4.69) is 43.1 Å². The predicted octanol–water partition coefficient (Wildman–Crippen LogP) is 4.31. The van der Waals surface area contributed by atoms with Crippen molar-refractivity contribution < 1.29 is 0 Å². The maximum atomic E-state index is 4.29. The molecule has 0 spiro atoms. The van der Waals surface area contributed by atoms with Gasteiger partial charge in [-0.3, -0.25) is 0 Å². The third kappa shape index (κ3) is 2.83. The summed E-state index contributed by atoms with van der Waals surface area (Å²) in [6, 6.07) is 8.62. The number of hydrogen-bond donors (Lipinski definition) is 0. The van der Waals surface area contributed by atoms with Crippen LogP contribution in [0.25, 0.3) is 10.6 Å². The molecule has 0 aliphatic carbocycles. The van der Waals surface area contributed by atoms with Gasteiger partial charge in [-0.15, -0.1) is 23.1 Å². The molecule has 0 aliphatic rings. The van der Waals surface area contributed by atoms with E-state index in [1.165, 1.54) is 10.5 Å². The standard InChI is InChI=1S/C12H13NS2/c1-9(2)15-11-5-3-10(4-6-11)12-13-7-8-14-12/h3-9H,1-2H3. The molecule has 1 aromatic carbocycles. The van der Waals surface area contributed by atoms with E-state index in [1.54, 1.807) is 11.3 Å². The van der Waals surface area contributed by atoms with Gasteiger partial charge < -0.3 is 0 Å². The smallest absolute Gasteiger partial charge is 0.123 e. The summed E-state index contributed by atoms with van der Waals surface area (Å²) < 4.78 is 0. The number of thiazole rings is 1. The Bertz CT molecular complexity index is 404. The Morgan fingerprint density at radius 3 is 2.47 bits per heavy atom. The van der Waals surface area contributed by atoms with Gasteiger partial charge in [0.05, 0.1) is 0 Å². The summed E-state index contributed by atoms with van der Waals surface area (Å²) in [6.07, 6.45) is 1.84. The highest BCUT2D eigenvalue weighted by Crippen LogP contribution is 2.27. The highest BCUT2D eigenvalue weighted by atomic mass is 32.2. The van der Waals surface area contributed by atoms with Gasteiger partial charge in [0.15, 0.2) is 0 Å². The third-order valence-corrected chi connectivity index (χ3v) is 3.74. The first-order valence-electron chi connectivity index (χ1n) is 4.92. The summed E-state index contributed by atoms with van der Waals surface area (Å²) in [6.45, 7) is 4.42. The van der Waals surface area contributed by atoms with Crippen molar-refractivity contribution in [3.8, 4) is 10.6 Å². The average molecular weight is 235 g/mol. The Labute approximate surface area is 98.6 Å². The second-order valence-electron chi connectivity index (χ2n) is 3.53. The minimum atomic E-state index is 0.635. The second-order valence-corrected chi connectivity index (χ2v) is 6.07. The number of aromatic nitrogens is 1. The van der Waals surface area contributed by atoms with Crippen molar-refractivity contribution in [1.29, 1.82) is 0 Å². The first kappa shape index (κ1) is 10.7. The van der Waals surface area contributed by atoms with E-state index in [1.807, 2.05) is 23.3 Å². The van der Waals surface area contributed by atoms with Crippen LogP contribution in [0.5, 0.6) is 0 Å². The van der Waals surface area contributed by atoms with Crippen LogP contribution >= 0.6 is 23.1 Å². The Kier molecular flexibility index (Phi) is 3.44. The molecule has 1 nitrogen and oxygen atoms in total. The van der Waals surface area contributed by atoms with E-state index >= 15 is 0 Å². The van der Waals surface area contributed by atoms with Gasteiger partial charge in [0.1, 0.15) is 5.01 Å². The van der Waals surface area contributed by atoms with Crippen molar-refractivity contribution in [2.45, 2.75) is 24.0 Å². The van der Waals surface area contributed by atoms with E-state index in [-0.39, 0.29) is 0 Å². The zero-order valence-corrected chi connectivity index (χ0v) is 10.4. The van der Waals surface area contributed by atoms with Crippen molar-refractivity contribution in [2.24, 2.45) is 0 Å². The Hall–Kier alpha value is -0.800. The predicted molar refractivity (Wildman–Crippen MR) is 68.5 cm³/mol. The van der Waals surface area contributed by atoms with Crippen LogP contribution in [0.15, 0.2) is 40.7 Å². The fraction of sp³-hybridized carbons (Fsp3) is 0.250. The summed E-state index contributed by atoms with van der Waals surface area (Å²) in [7, 11) is 0. The number of thioether (sulfide) groups is 1. The molecule has 0 unspecified atom stereocenters. The zero-order chi connectivity index (χ0) is 10.7. The van der Waals surface area contributed by atoms with E-state index < -0.39 is 0 Å². The van der Waals surface area contributed by atoms with Gasteiger partial charge in [-0.25, -0.2) is 4.98 Å². The molecule has 78 valence electrons. The molecule has 0 radical (unpaired) electrons. The first-order valence-corrected chi connectivity index (χ1v) is 6.68. The zero-order valence-electron chi connectivity index (χ0n) is 8.81. The lowest BCUT2D eigenvalue weighted by Gasteiger charge is -2.04. The van der Waals surface area contributed by atoms with Crippen LogP contribution < -0.4 is 0 Å². The van der Waals surface area contributed by atoms with Gasteiger partial charge >= 0.3 is 0 Å². The SMILES string of the molecule is CC(C)Sc1ccc(-c2nccs2)cc1. The number of rotatable bonds is 3. The highest BCUT2D eigenvalue weighted by Gasteiger charge is 2.01. The number of hydrogen-bond acceptors (Lipinski definition) is 3. The van der Waals surface area contributed by atoms with Crippen molar-refractivity contribution in [1.82, 2.24) is 4.98 Å². The Morgan fingerprint density at radius 1 is 1.20 bits per heavy atom. The molecule has 2 aromatic rings. The minimum Gasteiger partial charge on any atom is -0.245 e. The molecule has 1 aromatic heterocycles. The summed E-state index contributed by atoms with van der Waals surface area (Å²) in [4.78, 5) is 5.61. The molecule has 1 heterocycles. The molecule has 0 N–H and O–H groups in total. The van der Waals surface area contributed by atoms with Crippen molar-refractivity contribution >= 4 is 23.1 Å². The lowest BCUT2D eigenvalue weighted by atomic mass is 10.2. The molecular weight excluding hydrogens is 222 g/mol. The quantitative estimate of drug-likeness (QED) is 0.735. The van der Waals surface area contributed by atoms with Gasteiger partial charge in [-0.1, -0.05) is 26.0 Å². The number of benzene rings is 1. The summed E-state index contributed by atoms with van der Waals surface area (Å²) in [5.41, 5.74) is 1.21. The van der Waals surface area contributed by atoms with Gasteiger partial charge in [-0.2, -0.15) is 0 Å². The minimum absolute atomic E-state index is 0.635. The van der Waals surface area contributed by atoms with Gasteiger partial charge in [0, 0.05) is 27.3 Å². The largest absolute Gasteiger partial charge is 0.245 e. The van der Waals surface area contributed by atoms with E-state index in [0.29, 0.717) is 5.25 Å². The Morgan fingerprint density at radius 2 is 1.93 bits per heavy atom. The monoisotopic (exact) mass is 235 g/mol. The van der Waals surface area contributed by atoms with E-state index in [0.717, 1.165) is 5.01 Å². The normalized spacial score (nSPS) is 10.9. The third-order valence-electron chi connectivity index (χ3n) is 1.91. The van der Waals surface area contributed by atoms with Gasteiger partial charge in [0.25, 0.3) is 0 Å². The first-order chi connectivity index (χ1) is 7.25. The van der Waals surface area contributed by atoms with Crippen LogP contribution in [-0.4, -0.2) is 10.2 Å². The molecule has 0 atom stereocenters. The van der Waals surface area contributed by atoms with E-state index in [4.69, 9.17) is 0 Å². The number of nitrogens with zero attached hydrogens (tertiary/aromatic N) is 1.